The number of hydrogen-bond donors (Lipinski definition) is 1. The van der Waals surface area contributed by atoms with Crippen molar-refractivity contribution >= 4 is 23.6 Å². The number of halogens is 1. The average molecular weight is 406 g/mol. The molecule has 2 aromatic carbocycles. The van der Waals surface area contributed by atoms with Gasteiger partial charge < -0.3 is 4.74 Å². The standard InChI is InChI=1S/C23H20ClN3O2/c1-16-10-11-17(2)27(16)26-23(28)20(14-25)13-19-7-3-4-9-22(19)29-15-18-6-5-8-21(24)12-18/h3-13H,15H2,1-2H3,(H,26,28)/b20-13-. The third kappa shape index (κ3) is 5.07. The van der Waals surface area contributed by atoms with Crippen molar-refractivity contribution in [1.82, 2.24) is 4.68 Å². The number of carbonyl (C=O) groups is 1. The first kappa shape index (κ1) is 20.2. The van der Waals surface area contributed by atoms with Crippen LogP contribution in [0.25, 0.3) is 6.08 Å². The highest BCUT2D eigenvalue weighted by Gasteiger charge is 2.13. The molecule has 0 saturated heterocycles. The number of carbonyl (C=O) groups excluding carboxylic acids is 1. The minimum atomic E-state index is -0.487. The van der Waals surface area contributed by atoms with E-state index in [2.05, 4.69) is 5.43 Å². The Hall–Kier alpha value is -3.49. The van der Waals surface area contributed by atoms with Gasteiger partial charge in [-0.25, -0.2) is 0 Å². The Labute approximate surface area is 174 Å². The maximum Gasteiger partial charge on any atom is 0.280 e. The third-order valence-corrected chi connectivity index (χ3v) is 4.59. The molecule has 146 valence electrons. The first-order chi connectivity index (χ1) is 14.0. The lowest BCUT2D eigenvalue weighted by Gasteiger charge is -2.12. The topological polar surface area (TPSA) is 67.0 Å². The number of amides is 1. The highest BCUT2D eigenvalue weighted by molar-refractivity contribution is 6.30. The molecule has 1 aromatic heterocycles. The van der Waals surface area contributed by atoms with Gasteiger partial charge in [-0.3, -0.25) is 14.9 Å². The smallest absolute Gasteiger partial charge is 0.280 e. The van der Waals surface area contributed by atoms with Crippen molar-refractivity contribution in [3.63, 3.8) is 0 Å². The van der Waals surface area contributed by atoms with Gasteiger partial charge in [-0.15, -0.1) is 0 Å². The van der Waals surface area contributed by atoms with Crippen LogP contribution in [0, 0.1) is 25.2 Å². The van der Waals surface area contributed by atoms with E-state index in [1.807, 2.05) is 62.4 Å². The highest BCUT2D eigenvalue weighted by atomic mass is 35.5. The molecule has 0 unspecified atom stereocenters. The van der Waals surface area contributed by atoms with Crippen molar-refractivity contribution in [2.45, 2.75) is 20.5 Å². The number of rotatable bonds is 6. The SMILES string of the molecule is Cc1ccc(C)n1NC(=O)/C(C#N)=C\c1ccccc1OCc1cccc(Cl)c1. The first-order valence-corrected chi connectivity index (χ1v) is 9.40. The van der Waals surface area contributed by atoms with Crippen LogP contribution in [0.4, 0.5) is 0 Å². The molecule has 1 N–H and O–H groups in total. The van der Waals surface area contributed by atoms with Gasteiger partial charge in [0.1, 0.15) is 24.0 Å². The average Bonchev–Trinajstić information content (AvgIpc) is 3.03. The van der Waals surface area contributed by atoms with E-state index in [-0.39, 0.29) is 5.57 Å². The third-order valence-electron chi connectivity index (χ3n) is 4.35. The molecule has 0 fully saturated rings. The summed E-state index contributed by atoms with van der Waals surface area (Å²) in [5, 5.41) is 10.1. The highest BCUT2D eigenvalue weighted by Crippen LogP contribution is 2.23. The van der Waals surface area contributed by atoms with E-state index >= 15 is 0 Å². The molecule has 0 spiro atoms. The zero-order valence-electron chi connectivity index (χ0n) is 16.1. The van der Waals surface area contributed by atoms with E-state index in [1.54, 1.807) is 22.9 Å². The summed E-state index contributed by atoms with van der Waals surface area (Å²) >= 11 is 6.01. The summed E-state index contributed by atoms with van der Waals surface area (Å²) in [5.41, 5.74) is 6.04. The largest absolute Gasteiger partial charge is 0.488 e. The molecule has 0 bridgehead atoms. The van der Waals surface area contributed by atoms with Gasteiger partial charge in [-0.1, -0.05) is 41.9 Å². The number of nitrogens with one attached hydrogen (secondary N) is 1. The second-order valence-electron chi connectivity index (χ2n) is 6.52. The van der Waals surface area contributed by atoms with Gasteiger partial charge in [0.05, 0.1) is 0 Å². The number of nitrogens with zero attached hydrogens (tertiary/aromatic N) is 2. The van der Waals surface area contributed by atoms with Crippen molar-refractivity contribution in [3.8, 4) is 11.8 Å². The summed E-state index contributed by atoms with van der Waals surface area (Å²) in [5.74, 6) is 0.0842. The molecular formula is C23H20ClN3O2. The zero-order chi connectivity index (χ0) is 20.8. The molecule has 1 heterocycles. The van der Waals surface area contributed by atoms with Crippen LogP contribution in [0.15, 0.2) is 66.2 Å². The molecule has 0 atom stereocenters. The predicted octanol–water partition coefficient (Wildman–Crippen LogP) is 5.01. The fourth-order valence-corrected chi connectivity index (χ4v) is 3.04. The van der Waals surface area contributed by atoms with Crippen molar-refractivity contribution in [2.24, 2.45) is 0 Å². The summed E-state index contributed by atoms with van der Waals surface area (Å²) in [4.78, 5) is 12.6. The Kier molecular flexibility index (Phi) is 6.38. The Balaban J connectivity index is 1.80. The normalized spacial score (nSPS) is 11.0. The number of ether oxygens (including phenoxy) is 1. The predicted molar refractivity (Wildman–Crippen MR) is 114 cm³/mol. The first-order valence-electron chi connectivity index (χ1n) is 9.02. The molecule has 5 nitrogen and oxygen atoms in total. The Bertz CT molecular complexity index is 1090. The monoisotopic (exact) mass is 405 g/mol. The van der Waals surface area contributed by atoms with Gasteiger partial charge >= 0.3 is 0 Å². The molecule has 6 heteroatoms. The summed E-state index contributed by atoms with van der Waals surface area (Å²) in [6, 6.07) is 20.4. The second kappa shape index (κ2) is 9.13. The van der Waals surface area contributed by atoms with Gasteiger partial charge in [0.25, 0.3) is 5.91 Å². The van der Waals surface area contributed by atoms with Crippen LogP contribution < -0.4 is 10.2 Å². The van der Waals surface area contributed by atoms with Gasteiger partial charge in [0, 0.05) is 22.0 Å². The van der Waals surface area contributed by atoms with Crippen molar-refractivity contribution < 1.29 is 9.53 Å². The molecular weight excluding hydrogens is 386 g/mol. The van der Waals surface area contributed by atoms with Gasteiger partial charge in [0.2, 0.25) is 0 Å². The van der Waals surface area contributed by atoms with Gasteiger partial charge in [0.15, 0.2) is 0 Å². The van der Waals surface area contributed by atoms with E-state index in [0.29, 0.717) is 22.9 Å². The van der Waals surface area contributed by atoms with Crippen molar-refractivity contribution in [3.05, 3.63) is 93.8 Å². The Morgan fingerprint density at radius 1 is 1.14 bits per heavy atom. The van der Waals surface area contributed by atoms with E-state index in [4.69, 9.17) is 16.3 Å². The van der Waals surface area contributed by atoms with Crippen molar-refractivity contribution in [2.75, 3.05) is 5.43 Å². The molecule has 0 aliphatic heterocycles. The number of hydrogen-bond acceptors (Lipinski definition) is 3. The summed E-state index contributed by atoms with van der Waals surface area (Å²) in [6.07, 6.45) is 1.52. The fraction of sp³-hybridized carbons (Fsp3) is 0.130. The molecule has 29 heavy (non-hydrogen) atoms. The molecule has 3 rings (SSSR count). The number of aryl methyl sites for hydroxylation is 2. The molecule has 0 aliphatic rings. The lowest BCUT2D eigenvalue weighted by Crippen LogP contribution is -2.25. The summed E-state index contributed by atoms with van der Waals surface area (Å²) in [6.45, 7) is 4.07. The van der Waals surface area contributed by atoms with Crippen LogP contribution in [0.2, 0.25) is 5.02 Å². The molecule has 0 saturated carbocycles. The van der Waals surface area contributed by atoms with E-state index in [0.717, 1.165) is 17.0 Å². The summed E-state index contributed by atoms with van der Waals surface area (Å²) in [7, 11) is 0. The van der Waals surface area contributed by atoms with Gasteiger partial charge in [-0.2, -0.15) is 5.26 Å². The minimum absolute atomic E-state index is 0.0173. The maximum absolute atomic E-state index is 12.6. The molecule has 0 aliphatic carbocycles. The van der Waals surface area contributed by atoms with Crippen LogP contribution in [0.5, 0.6) is 5.75 Å². The van der Waals surface area contributed by atoms with E-state index in [1.165, 1.54) is 6.08 Å². The van der Waals surface area contributed by atoms with Crippen LogP contribution in [0.1, 0.15) is 22.5 Å². The Morgan fingerprint density at radius 3 is 2.55 bits per heavy atom. The lowest BCUT2D eigenvalue weighted by molar-refractivity contribution is -0.113. The van der Waals surface area contributed by atoms with E-state index < -0.39 is 5.91 Å². The Morgan fingerprint density at radius 2 is 1.86 bits per heavy atom. The molecule has 1 amide bonds. The quantitative estimate of drug-likeness (QED) is 0.462. The minimum Gasteiger partial charge on any atom is -0.488 e. The number of nitriles is 1. The fourth-order valence-electron chi connectivity index (χ4n) is 2.83. The van der Waals surface area contributed by atoms with Crippen LogP contribution in [0.3, 0.4) is 0 Å². The summed E-state index contributed by atoms with van der Waals surface area (Å²) < 4.78 is 7.55. The second-order valence-corrected chi connectivity index (χ2v) is 6.96. The van der Waals surface area contributed by atoms with Crippen LogP contribution in [-0.4, -0.2) is 10.6 Å². The van der Waals surface area contributed by atoms with E-state index in [9.17, 15) is 10.1 Å². The molecule has 0 radical (unpaired) electrons. The van der Waals surface area contributed by atoms with Crippen molar-refractivity contribution in [1.29, 1.82) is 5.26 Å². The molecule has 3 aromatic rings. The lowest BCUT2D eigenvalue weighted by atomic mass is 10.1. The number of aromatic nitrogens is 1. The number of para-hydroxylation sites is 1. The zero-order valence-corrected chi connectivity index (χ0v) is 16.9. The maximum atomic E-state index is 12.6. The van der Waals surface area contributed by atoms with Crippen LogP contribution >= 0.6 is 11.6 Å². The van der Waals surface area contributed by atoms with Gasteiger partial charge in [-0.05, 0) is 55.8 Å². The number of benzene rings is 2. The van der Waals surface area contributed by atoms with Crippen LogP contribution in [-0.2, 0) is 11.4 Å².